The minimum absolute atomic E-state index is 0.322. The third kappa shape index (κ3) is 11.8. The molecule has 1 nitrogen and oxygen atoms in total. The normalized spacial score (nSPS) is 10.0. The lowest BCUT2D eigenvalue weighted by atomic mass is 10.0. The molecular weight excluding hydrogens is 292 g/mol. The molecule has 0 aliphatic heterocycles. The summed E-state index contributed by atoms with van der Waals surface area (Å²) in [5, 5.41) is 8.63. The quantitative estimate of drug-likeness (QED) is 0.459. The fourth-order valence-corrected chi connectivity index (χ4v) is 2.71. The lowest BCUT2D eigenvalue weighted by molar-refractivity contribution is 0.475. The van der Waals surface area contributed by atoms with Gasteiger partial charge in [0.1, 0.15) is 5.75 Å². The van der Waals surface area contributed by atoms with Crippen molar-refractivity contribution < 1.29 is 5.11 Å². The summed E-state index contributed by atoms with van der Waals surface area (Å²) in [7, 11) is 0. The standard InChI is InChI=1S/C17H28.C6H6O/c1-2-3-4-5-6-7-8-9-11-14-17-15-12-10-13-16-17;7-6-4-2-1-3-5-6/h10,12-13,15-16H,2-9,11,14H2,1H3;1-5,7H. The molecule has 1 N–H and O–H groups in total. The molecule has 0 saturated carbocycles. The van der Waals surface area contributed by atoms with Crippen LogP contribution in [0.25, 0.3) is 0 Å². The zero-order valence-electron chi connectivity index (χ0n) is 15.3. The van der Waals surface area contributed by atoms with E-state index in [2.05, 4.69) is 37.3 Å². The number of hydrogen-bond donors (Lipinski definition) is 1. The number of phenols is 1. The van der Waals surface area contributed by atoms with Gasteiger partial charge in [0.25, 0.3) is 0 Å². The highest BCUT2D eigenvalue weighted by Gasteiger charge is 1.93. The van der Waals surface area contributed by atoms with Gasteiger partial charge in [-0.05, 0) is 30.5 Å². The lowest BCUT2D eigenvalue weighted by Gasteiger charge is -2.02. The molecule has 2 rings (SSSR count). The first-order valence-electron chi connectivity index (χ1n) is 9.61. The molecule has 24 heavy (non-hydrogen) atoms. The van der Waals surface area contributed by atoms with Gasteiger partial charge in [-0.2, -0.15) is 0 Å². The smallest absolute Gasteiger partial charge is 0.115 e. The summed E-state index contributed by atoms with van der Waals surface area (Å²) in [6, 6.07) is 19.6. The first kappa shape index (κ1) is 20.3. The van der Waals surface area contributed by atoms with E-state index in [9.17, 15) is 0 Å². The Morgan fingerprint density at radius 2 is 1.04 bits per heavy atom. The minimum atomic E-state index is 0.322. The number of benzene rings is 2. The molecule has 0 bridgehead atoms. The Balaban J connectivity index is 0.000000341. The van der Waals surface area contributed by atoms with Gasteiger partial charge in [0, 0.05) is 0 Å². The van der Waals surface area contributed by atoms with Gasteiger partial charge in [0.15, 0.2) is 0 Å². The predicted octanol–water partition coefficient (Wildman–Crippen LogP) is 7.15. The number of aromatic hydroxyl groups is 1. The number of aryl methyl sites for hydroxylation is 1. The highest BCUT2D eigenvalue weighted by Crippen LogP contribution is 2.11. The maximum Gasteiger partial charge on any atom is 0.115 e. The second-order valence-electron chi connectivity index (χ2n) is 6.40. The maximum absolute atomic E-state index is 8.63. The molecule has 0 amide bonds. The lowest BCUT2D eigenvalue weighted by Crippen LogP contribution is -1.86. The highest BCUT2D eigenvalue weighted by atomic mass is 16.3. The monoisotopic (exact) mass is 326 g/mol. The van der Waals surface area contributed by atoms with E-state index in [1.165, 1.54) is 69.8 Å². The van der Waals surface area contributed by atoms with Crippen molar-refractivity contribution in [2.75, 3.05) is 0 Å². The molecule has 0 atom stereocenters. The summed E-state index contributed by atoms with van der Waals surface area (Å²) in [4.78, 5) is 0. The van der Waals surface area contributed by atoms with Gasteiger partial charge in [-0.3, -0.25) is 0 Å². The summed E-state index contributed by atoms with van der Waals surface area (Å²) >= 11 is 0. The Morgan fingerprint density at radius 1 is 0.583 bits per heavy atom. The Kier molecular flexibility index (Phi) is 12.5. The molecule has 132 valence electrons. The minimum Gasteiger partial charge on any atom is -0.508 e. The van der Waals surface area contributed by atoms with Crippen molar-refractivity contribution >= 4 is 0 Å². The Hall–Kier alpha value is -1.76. The highest BCUT2D eigenvalue weighted by molar-refractivity contribution is 5.18. The summed E-state index contributed by atoms with van der Waals surface area (Å²) in [6.07, 6.45) is 14.0. The molecule has 0 aromatic heterocycles. The van der Waals surface area contributed by atoms with Crippen molar-refractivity contribution in [1.29, 1.82) is 0 Å². The molecule has 0 radical (unpaired) electrons. The summed E-state index contributed by atoms with van der Waals surface area (Å²) in [6.45, 7) is 2.28. The third-order valence-electron chi connectivity index (χ3n) is 4.17. The Morgan fingerprint density at radius 3 is 1.50 bits per heavy atom. The van der Waals surface area contributed by atoms with Gasteiger partial charge in [0.05, 0.1) is 0 Å². The molecular formula is C23H34O. The van der Waals surface area contributed by atoms with Crippen LogP contribution in [0, 0.1) is 0 Å². The van der Waals surface area contributed by atoms with Crippen molar-refractivity contribution in [3.8, 4) is 5.75 Å². The average molecular weight is 327 g/mol. The van der Waals surface area contributed by atoms with Gasteiger partial charge in [-0.15, -0.1) is 0 Å². The topological polar surface area (TPSA) is 20.2 Å². The van der Waals surface area contributed by atoms with Gasteiger partial charge in [0.2, 0.25) is 0 Å². The van der Waals surface area contributed by atoms with Crippen LogP contribution in [0.4, 0.5) is 0 Å². The SMILES string of the molecule is CCCCCCCCCCCc1ccccc1.Oc1ccccc1. The van der Waals surface area contributed by atoms with Crippen LogP contribution in [-0.2, 0) is 6.42 Å². The van der Waals surface area contributed by atoms with Crippen LogP contribution in [0.3, 0.4) is 0 Å². The zero-order chi connectivity index (χ0) is 17.3. The van der Waals surface area contributed by atoms with E-state index in [1.807, 2.05) is 6.07 Å². The van der Waals surface area contributed by atoms with Gasteiger partial charge in [-0.1, -0.05) is 107 Å². The van der Waals surface area contributed by atoms with Crippen LogP contribution >= 0.6 is 0 Å². The molecule has 0 unspecified atom stereocenters. The third-order valence-corrected chi connectivity index (χ3v) is 4.17. The second-order valence-corrected chi connectivity index (χ2v) is 6.40. The summed E-state index contributed by atoms with van der Waals surface area (Å²) < 4.78 is 0. The van der Waals surface area contributed by atoms with Crippen LogP contribution in [-0.4, -0.2) is 5.11 Å². The Bertz CT molecular complexity index is 478. The van der Waals surface area contributed by atoms with Crippen molar-refractivity contribution in [2.45, 2.75) is 71.1 Å². The fourth-order valence-electron chi connectivity index (χ4n) is 2.71. The van der Waals surface area contributed by atoms with E-state index in [4.69, 9.17) is 5.11 Å². The first-order chi connectivity index (χ1) is 11.8. The van der Waals surface area contributed by atoms with E-state index in [0.29, 0.717) is 5.75 Å². The van der Waals surface area contributed by atoms with E-state index in [1.54, 1.807) is 24.3 Å². The number of phenolic OH excluding ortho intramolecular Hbond substituents is 1. The van der Waals surface area contributed by atoms with Crippen molar-refractivity contribution in [3.05, 3.63) is 66.2 Å². The van der Waals surface area contributed by atoms with Crippen molar-refractivity contribution in [3.63, 3.8) is 0 Å². The molecule has 0 spiro atoms. The second kappa shape index (κ2) is 14.8. The molecule has 0 saturated heterocycles. The average Bonchev–Trinajstić information content (AvgIpc) is 2.62. The van der Waals surface area contributed by atoms with Gasteiger partial charge < -0.3 is 5.11 Å². The molecule has 0 heterocycles. The largest absolute Gasteiger partial charge is 0.508 e. The van der Waals surface area contributed by atoms with Crippen LogP contribution in [0.5, 0.6) is 5.75 Å². The summed E-state index contributed by atoms with van der Waals surface area (Å²) in [5.41, 5.74) is 1.50. The number of rotatable bonds is 10. The van der Waals surface area contributed by atoms with Crippen LogP contribution in [0.1, 0.15) is 70.3 Å². The van der Waals surface area contributed by atoms with Gasteiger partial charge >= 0.3 is 0 Å². The molecule has 2 aromatic carbocycles. The number of hydrogen-bond acceptors (Lipinski definition) is 1. The van der Waals surface area contributed by atoms with Crippen LogP contribution in [0.15, 0.2) is 60.7 Å². The van der Waals surface area contributed by atoms with Crippen molar-refractivity contribution in [1.82, 2.24) is 0 Å². The Labute approximate surface area is 148 Å². The molecule has 0 fully saturated rings. The fraction of sp³-hybridized carbons (Fsp3) is 0.478. The van der Waals surface area contributed by atoms with E-state index in [-0.39, 0.29) is 0 Å². The first-order valence-corrected chi connectivity index (χ1v) is 9.61. The maximum atomic E-state index is 8.63. The molecule has 0 aliphatic carbocycles. The zero-order valence-corrected chi connectivity index (χ0v) is 15.3. The van der Waals surface area contributed by atoms with E-state index < -0.39 is 0 Å². The predicted molar refractivity (Wildman–Crippen MR) is 105 cm³/mol. The molecule has 0 aliphatic rings. The molecule has 2 aromatic rings. The number of unbranched alkanes of at least 4 members (excludes halogenated alkanes) is 8. The van der Waals surface area contributed by atoms with Crippen molar-refractivity contribution in [2.24, 2.45) is 0 Å². The van der Waals surface area contributed by atoms with E-state index in [0.717, 1.165) is 0 Å². The number of para-hydroxylation sites is 1. The van der Waals surface area contributed by atoms with Gasteiger partial charge in [-0.25, -0.2) is 0 Å². The summed E-state index contributed by atoms with van der Waals surface area (Å²) in [5.74, 6) is 0.322. The van der Waals surface area contributed by atoms with Crippen LogP contribution < -0.4 is 0 Å². The van der Waals surface area contributed by atoms with Crippen LogP contribution in [0.2, 0.25) is 0 Å². The molecule has 1 heteroatoms. The van der Waals surface area contributed by atoms with E-state index >= 15 is 0 Å².